The first kappa shape index (κ1) is 13.8. The van der Waals surface area contributed by atoms with Crippen LogP contribution in [0.1, 0.15) is 49.2 Å². The zero-order chi connectivity index (χ0) is 12.7. The van der Waals surface area contributed by atoms with E-state index in [9.17, 15) is 0 Å². The van der Waals surface area contributed by atoms with Crippen LogP contribution in [0, 0.1) is 13.8 Å². The Kier molecular flexibility index (Phi) is 5.84. The SMILES string of the molecule is C=CCCCC(NCC)c1cc(C)nnc1C. The molecule has 1 aromatic rings. The standard InChI is InChI=1S/C14H23N3/c1-5-7-8-9-14(15-6-2)13-10-11(3)16-17-12(13)4/h5,10,14-15H,1,6-9H2,2-4H3. The van der Waals surface area contributed by atoms with E-state index in [1.54, 1.807) is 0 Å². The normalized spacial score (nSPS) is 12.4. The van der Waals surface area contributed by atoms with E-state index in [0.29, 0.717) is 6.04 Å². The zero-order valence-electron chi connectivity index (χ0n) is 11.2. The van der Waals surface area contributed by atoms with Crippen molar-refractivity contribution >= 4 is 0 Å². The first-order valence-electron chi connectivity index (χ1n) is 6.34. The summed E-state index contributed by atoms with van der Waals surface area (Å²) in [4.78, 5) is 0. The van der Waals surface area contributed by atoms with E-state index in [4.69, 9.17) is 0 Å². The third kappa shape index (κ3) is 4.27. The molecule has 1 rings (SSSR count). The number of allylic oxidation sites excluding steroid dienone is 1. The van der Waals surface area contributed by atoms with Gasteiger partial charge in [0.25, 0.3) is 0 Å². The summed E-state index contributed by atoms with van der Waals surface area (Å²) in [5.74, 6) is 0. The highest BCUT2D eigenvalue weighted by Crippen LogP contribution is 2.21. The molecule has 0 amide bonds. The predicted octanol–water partition coefficient (Wildman–Crippen LogP) is 3.10. The number of aromatic nitrogens is 2. The van der Waals surface area contributed by atoms with Crippen molar-refractivity contribution in [2.24, 2.45) is 0 Å². The molecule has 0 saturated heterocycles. The minimum absolute atomic E-state index is 0.383. The van der Waals surface area contributed by atoms with Crippen LogP contribution in [0.25, 0.3) is 0 Å². The smallest absolute Gasteiger partial charge is 0.0648 e. The molecule has 0 bridgehead atoms. The van der Waals surface area contributed by atoms with Crippen molar-refractivity contribution in [3.63, 3.8) is 0 Å². The molecular weight excluding hydrogens is 210 g/mol. The molecule has 1 unspecified atom stereocenters. The highest BCUT2D eigenvalue weighted by molar-refractivity contribution is 5.23. The number of hydrogen-bond donors (Lipinski definition) is 1. The fourth-order valence-corrected chi connectivity index (χ4v) is 2.00. The summed E-state index contributed by atoms with van der Waals surface area (Å²) in [7, 11) is 0. The number of nitrogens with one attached hydrogen (secondary N) is 1. The van der Waals surface area contributed by atoms with Gasteiger partial charge in [0.15, 0.2) is 0 Å². The van der Waals surface area contributed by atoms with E-state index in [-0.39, 0.29) is 0 Å². The van der Waals surface area contributed by atoms with E-state index < -0.39 is 0 Å². The van der Waals surface area contributed by atoms with Gasteiger partial charge in [0, 0.05) is 6.04 Å². The number of hydrogen-bond acceptors (Lipinski definition) is 3. The lowest BCUT2D eigenvalue weighted by atomic mass is 9.99. The van der Waals surface area contributed by atoms with Crippen LogP contribution in [-0.4, -0.2) is 16.7 Å². The van der Waals surface area contributed by atoms with Crippen LogP contribution in [0.4, 0.5) is 0 Å². The molecule has 3 heteroatoms. The van der Waals surface area contributed by atoms with E-state index in [2.05, 4.69) is 35.1 Å². The molecule has 94 valence electrons. The van der Waals surface area contributed by atoms with Gasteiger partial charge in [-0.15, -0.1) is 6.58 Å². The van der Waals surface area contributed by atoms with E-state index >= 15 is 0 Å². The molecule has 0 saturated carbocycles. The molecule has 0 radical (unpaired) electrons. The minimum atomic E-state index is 0.383. The van der Waals surface area contributed by atoms with Crippen LogP contribution >= 0.6 is 0 Å². The van der Waals surface area contributed by atoms with E-state index in [0.717, 1.165) is 37.2 Å². The molecule has 0 aliphatic rings. The van der Waals surface area contributed by atoms with Gasteiger partial charge in [0.2, 0.25) is 0 Å². The lowest BCUT2D eigenvalue weighted by molar-refractivity contribution is 0.495. The van der Waals surface area contributed by atoms with Crippen LogP contribution in [-0.2, 0) is 0 Å². The van der Waals surface area contributed by atoms with E-state index in [1.165, 1.54) is 5.56 Å². The summed E-state index contributed by atoms with van der Waals surface area (Å²) in [6.45, 7) is 10.9. The number of nitrogens with zero attached hydrogens (tertiary/aromatic N) is 2. The van der Waals surface area contributed by atoms with Crippen LogP contribution < -0.4 is 5.32 Å². The number of unbranched alkanes of at least 4 members (excludes halogenated alkanes) is 1. The summed E-state index contributed by atoms with van der Waals surface area (Å²) in [5.41, 5.74) is 3.29. The molecule has 0 aliphatic heterocycles. The van der Waals surface area contributed by atoms with Crippen LogP contribution in [0.2, 0.25) is 0 Å². The monoisotopic (exact) mass is 233 g/mol. The quantitative estimate of drug-likeness (QED) is 0.581. The third-order valence-corrected chi connectivity index (χ3v) is 2.87. The van der Waals surface area contributed by atoms with Gasteiger partial charge in [-0.25, -0.2) is 0 Å². The van der Waals surface area contributed by atoms with Crippen molar-refractivity contribution < 1.29 is 0 Å². The van der Waals surface area contributed by atoms with Crippen LogP contribution in [0.15, 0.2) is 18.7 Å². The fourth-order valence-electron chi connectivity index (χ4n) is 2.00. The molecule has 0 fully saturated rings. The first-order chi connectivity index (χ1) is 8.19. The van der Waals surface area contributed by atoms with Gasteiger partial charge in [-0.3, -0.25) is 0 Å². The summed E-state index contributed by atoms with van der Waals surface area (Å²) in [6.07, 6.45) is 5.32. The van der Waals surface area contributed by atoms with Gasteiger partial charge in [0.05, 0.1) is 11.4 Å². The summed E-state index contributed by atoms with van der Waals surface area (Å²) in [6, 6.07) is 2.53. The van der Waals surface area contributed by atoms with Crippen molar-refractivity contribution in [2.75, 3.05) is 6.54 Å². The Bertz CT molecular complexity index is 360. The van der Waals surface area contributed by atoms with Crippen molar-refractivity contribution in [3.8, 4) is 0 Å². The Morgan fingerprint density at radius 1 is 1.41 bits per heavy atom. The molecule has 0 aromatic carbocycles. The van der Waals surface area contributed by atoms with Gasteiger partial charge in [-0.2, -0.15) is 10.2 Å². The number of rotatable bonds is 7. The Morgan fingerprint density at radius 3 is 2.82 bits per heavy atom. The Morgan fingerprint density at radius 2 is 2.18 bits per heavy atom. The molecule has 0 aliphatic carbocycles. The van der Waals surface area contributed by atoms with Gasteiger partial charge in [-0.05, 0) is 51.3 Å². The maximum atomic E-state index is 4.20. The molecule has 1 atom stereocenters. The Hall–Kier alpha value is -1.22. The number of aryl methyl sites for hydroxylation is 2. The largest absolute Gasteiger partial charge is 0.310 e. The molecule has 1 aromatic heterocycles. The minimum Gasteiger partial charge on any atom is -0.310 e. The maximum absolute atomic E-state index is 4.20. The average molecular weight is 233 g/mol. The average Bonchev–Trinajstić information content (AvgIpc) is 2.32. The third-order valence-electron chi connectivity index (χ3n) is 2.87. The fraction of sp³-hybridized carbons (Fsp3) is 0.571. The van der Waals surface area contributed by atoms with Crippen LogP contribution in [0.3, 0.4) is 0 Å². The van der Waals surface area contributed by atoms with Gasteiger partial charge < -0.3 is 5.32 Å². The second-order valence-corrected chi connectivity index (χ2v) is 4.36. The first-order valence-corrected chi connectivity index (χ1v) is 6.34. The summed E-state index contributed by atoms with van der Waals surface area (Å²) < 4.78 is 0. The topological polar surface area (TPSA) is 37.8 Å². The summed E-state index contributed by atoms with van der Waals surface area (Å²) >= 11 is 0. The van der Waals surface area contributed by atoms with Crippen molar-refractivity contribution in [3.05, 3.63) is 35.7 Å². The highest BCUT2D eigenvalue weighted by Gasteiger charge is 2.13. The molecule has 1 N–H and O–H groups in total. The van der Waals surface area contributed by atoms with E-state index in [1.807, 2.05) is 19.9 Å². The van der Waals surface area contributed by atoms with Crippen molar-refractivity contribution in [1.82, 2.24) is 15.5 Å². The summed E-state index contributed by atoms with van der Waals surface area (Å²) in [5, 5.41) is 11.8. The Labute approximate surface area is 104 Å². The maximum Gasteiger partial charge on any atom is 0.0648 e. The Balaban J connectivity index is 2.80. The molecule has 3 nitrogen and oxygen atoms in total. The van der Waals surface area contributed by atoms with Crippen molar-refractivity contribution in [2.45, 2.75) is 46.1 Å². The lowest BCUT2D eigenvalue weighted by Gasteiger charge is -2.19. The second kappa shape index (κ2) is 7.17. The highest BCUT2D eigenvalue weighted by atomic mass is 15.1. The van der Waals surface area contributed by atoms with Gasteiger partial charge in [-0.1, -0.05) is 13.0 Å². The molecule has 0 spiro atoms. The zero-order valence-corrected chi connectivity index (χ0v) is 11.2. The van der Waals surface area contributed by atoms with Gasteiger partial charge >= 0.3 is 0 Å². The molecular formula is C14H23N3. The lowest BCUT2D eigenvalue weighted by Crippen LogP contribution is -2.22. The second-order valence-electron chi connectivity index (χ2n) is 4.36. The molecule has 17 heavy (non-hydrogen) atoms. The van der Waals surface area contributed by atoms with Crippen LogP contribution in [0.5, 0.6) is 0 Å². The molecule has 1 heterocycles. The van der Waals surface area contributed by atoms with Gasteiger partial charge in [0.1, 0.15) is 0 Å². The van der Waals surface area contributed by atoms with Crippen molar-refractivity contribution in [1.29, 1.82) is 0 Å². The predicted molar refractivity (Wildman–Crippen MR) is 72.0 cm³/mol.